The van der Waals surface area contributed by atoms with Crippen LogP contribution in [0.1, 0.15) is 0 Å². The number of rotatable bonds is 10. The van der Waals surface area contributed by atoms with Crippen molar-refractivity contribution in [3.63, 3.8) is 0 Å². The lowest BCUT2D eigenvalue weighted by atomic mass is 9.86. The van der Waals surface area contributed by atoms with Crippen LogP contribution >= 0.6 is 0 Å². The zero-order valence-electron chi connectivity index (χ0n) is 53.6. The molecule has 11 rings (SSSR count). The van der Waals surface area contributed by atoms with Crippen LogP contribution in [0.2, 0.25) is 0 Å². The van der Waals surface area contributed by atoms with Gasteiger partial charge in [-0.3, -0.25) is 0 Å². The number of hydrogen-bond acceptors (Lipinski definition) is 46. The molecule has 46 N–H and O–H groups in total. The zero-order chi connectivity index (χ0) is 84.1. The minimum atomic E-state index is -2.20. The number of phenolic OH excluding ortho intramolecular Hbond substituents is 46. The van der Waals surface area contributed by atoms with E-state index < -0.39 is 376 Å². The fraction of sp³-hybridized carbons (Fsp3) is 0. The second-order valence-corrected chi connectivity index (χ2v) is 23.5. The van der Waals surface area contributed by atoms with Gasteiger partial charge in [0.15, 0.2) is 184 Å². The van der Waals surface area contributed by atoms with E-state index in [4.69, 9.17) is 0 Å². The van der Waals surface area contributed by atoms with Crippen molar-refractivity contribution in [3.05, 3.63) is 0 Å². The highest BCUT2D eigenvalue weighted by Gasteiger charge is 2.45. The summed E-state index contributed by atoms with van der Waals surface area (Å²) in [5.74, 6) is -90.6. The molecule has 0 unspecified atom stereocenters. The summed E-state index contributed by atoms with van der Waals surface area (Å²) in [5.41, 5.74) is -35.6. The second kappa shape index (κ2) is 24.4. The Balaban J connectivity index is 1.07. The molecule has 112 heavy (non-hydrogen) atoms. The SMILES string of the molecule is Oc1c(O)c(O)c(-c2c(O)c(O)c(-c3c(O)c(O)c(-c4c(O)c(O)c(O)c(-c5c(O)c(O)c(O)c(-c6c(O)c(O)c(-c7c(O)c(O)c(O)c(-c8c(O)c(O)c(O)c(-c9c(O)c(O)c(-c%10c(O)c(O)c(-c%11c(O)c(O)c(O)c(O)c%11O)c(O)c%10O)c(O)c9O)c8O)c7O)c(O)c6O)c5O)c4O)c(O)c3O)c(O)c2O)c(O)c1O. The summed E-state index contributed by atoms with van der Waals surface area (Å²) in [6, 6.07) is 0. The second-order valence-electron chi connectivity index (χ2n) is 23.5. The van der Waals surface area contributed by atoms with Gasteiger partial charge in [0.1, 0.15) is 23.0 Å². The Labute approximate surface area is 609 Å². The Morgan fingerprint density at radius 3 is 0.152 bits per heavy atom. The van der Waals surface area contributed by atoms with E-state index in [2.05, 4.69) is 0 Å². The standard InChI is InChI=1S/C66H46O46/c67-21-1(3-23(69)7(51(97)59(105)47(3)93)11-29(75)33(79)13(34(80)30(11)76)15-37(83)41(87)17(42(88)38(15)84)19-53(99)61(107)65(111)62(108)54(19)100)45(91)57(103)49(95)5(21)9-25(71)27(73)10(28(74)26(9)72)6-22(68)2(46(92)58(104)50(6)96)4-24(70)8(52(98)60(106)48(4)94)12-31(77)35(81)14(36(82)32(12)78)16-39(85)43(89)18(44(90)40(16)86)20-55(101)63(109)66(112)64(110)56(20)102/h67-112H. The first-order chi connectivity index (χ1) is 51.9. The highest BCUT2D eigenvalue weighted by molar-refractivity contribution is 6.11. The van der Waals surface area contributed by atoms with Crippen LogP contribution in [-0.4, -0.2) is 235 Å². The van der Waals surface area contributed by atoms with Crippen molar-refractivity contribution in [2.75, 3.05) is 0 Å². The van der Waals surface area contributed by atoms with Crippen molar-refractivity contribution >= 4 is 0 Å². The van der Waals surface area contributed by atoms with Gasteiger partial charge in [-0.05, 0) is 0 Å². The van der Waals surface area contributed by atoms with Gasteiger partial charge < -0.3 is 235 Å². The first kappa shape index (κ1) is 75.4. The molecule has 0 saturated carbocycles. The molecule has 11 aromatic rings. The third-order valence-electron chi connectivity index (χ3n) is 17.8. The topological polar surface area (TPSA) is 931 Å². The Hall–Kier alpha value is -17.8. The monoisotopic (exact) mass is 1570 g/mol. The van der Waals surface area contributed by atoms with E-state index >= 15 is 0 Å². The van der Waals surface area contributed by atoms with Crippen molar-refractivity contribution in [2.24, 2.45) is 0 Å². The summed E-state index contributed by atoms with van der Waals surface area (Å²) in [5, 5.41) is 512. The smallest absolute Gasteiger partial charge is 0.208 e. The molecule has 0 bridgehead atoms. The number of phenols is 46. The molecular weight excluding hydrogens is 1530 g/mol. The van der Waals surface area contributed by atoms with Gasteiger partial charge in [-0.15, -0.1) is 0 Å². The molecule has 0 heterocycles. The molecule has 0 aliphatic heterocycles. The van der Waals surface area contributed by atoms with Crippen LogP contribution in [-0.2, 0) is 0 Å². The van der Waals surface area contributed by atoms with Crippen LogP contribution in [0.4, 0.5) is 0 Å². The van der Waals surface area contributed by atoms with E-state index in [1.54, 1.807) is 0 Å². The van der Waals surface area contributed by atoms with Gasteiger partial charge in [0.05, 0.1) is 111 Å². The van der Waals surface area contributed by atoms with E-state index in [0.29, 0.717) is 0 Å². The highest BCUT2D eigenvalue weighted by Crippen LogP contribution is 2.74. The largest absolute Gasteiger partial charge is 0.506 e. The molecule has 0 atom stereocenters. The summed E-state index contributed by atoms with van der Waals surface area (Å²) in [7, 11) is 0. The summed E-state index contributed by atoms with van der Waals surface area (Å²) < 4.78 is 0. The molecule has 0 aromatic heterocycles. The van der Waals surface area contributed by atoms with Crippen molar-refractivity contribution in [1.29, 1.82) is 0 Å². The van der Waals surface area contributed by atoms with Gasteiger partial charge in [-0.1, -0.05) is 0 Å². The van der Waals surface area contributed by atoms with E-state index in [1.807, 2.05) is 0 Å². The zero-order valence-corrected chi connectivity index (χ0v) is 53.6. The highest BCUT2D eigenvalue weighted by atomic mass is 16.4. The van der Waals surface area contributed by atoms with Gasteiger partial charge in [-0.2, -0.15) is 0 Å². The van der Waals surface area contributed by atoms with Gasteiger partial charge in [-0.25, -0.2) is 0 Å². The molecule has 0 radical (unpaired) electrons. The molecular formula is C66H46O46. The first-order valence-corrected chi connectivity index (χ1v) is 29.3. The summed E-state index contributed by atoms with van der Waals surface area (Å²) >= 11 is 0. The average molecular weight is 1580 g/mol. The normalized spacial score (nSPS) is 11.4. The Bertz CT molecular complexity index is 5620. The van der Waals surface area contributed by atoms with Crippen LogP contribution in [0.3, 0.4) is 0 Å². The third kappa shape index (κ3) is 9.37. The number of aromatic hydroxyl groups is 46. The van der Waals surface area contributed by atoms with Crippen LogP contribution in [0, 0.1) is 0 Å². The van der Waals surface area contributed by atoms with Crippen LogP contribution in [0.25, 0.3) is 111 Å². The van der Waals surface area contributed by atoms with E-state index in [1.165, 1.54) is 0 Å². The van der Waals surface area contributed by atoms with Gasteiger partial charge in [0, 0.05) is 0 Å². The molecule has 46 heteroatoms. The number of benzene rings is 11. The molecule has 11 aromatic carbocycles. The van der Waals surface area contributed by atoms with Crippen molar-refractivity contribution in [1.82, 2.24) is 0 Å². The minimum absolute atomic E-state index is 1.48. The third-order valence-corrected chi connectivity index (χ3v) is 17.8. The molecule has 0 amide bonds. The molecule has 0 aliphatic rings. The van der Waals surface area contributed by atoms with Gasteiger partial charge in [0.2, 0.25) is 57.5 Å². The quantitative estimate of drug-likeness (QED) is 0.0645. The lowest BCUT2D eigenvalue weighted by Crippen LogP contribution is -1.96. The fourth-order valence-electron chi connectivity index (χ4n) is 12.4. The average Bonchev–Trinajstić information content (AvgIpc) is 0.724. The van der Waals surface area contributed by atoms with Gasteiger partial charge >= 0.3 is 0 Å². The first-order valence-electron chi connectivity index (χ1n) is 29.3. The molecule has 0 saturated heterocycles. The summed E-state index contributed by atoms with van der Waals surface area (Å²) in [4.78, 5) is 0. The summed E-state index contributed by atoms with van der Waals surface area (Å²) in [6.45, 7) is 0. The Morgan fingerprint density at radius 2 is 0.0804 bits per heavy atom. The molecule has 0 aliphatic carbocycles. The van der Waals surface area contributed by atoms with E-state index in [-0.39, 0.29) is 0 Å². The lowest BCUT2D eigenvalue weighted by molar-refractivity contribution is 0.329. The molecule has 0 fully saturated rings. The minimum Gasteiger partial charge on any atom is -0.506 e. The molecule has 0 spiro atoms. The maximum absolute atomic E-state index is 12.0. The molecule has 46 nitrogen and oxygen atoms in total. The van der Waals surface area contributed by atoms with Crippen LogP contribution in [0.5, 0.6) is 264 Å². The predicted molar refractivity (Wildman–Crippen MR) is 357 cm³/mol. The maximum atomic E-state index is 12.0. The number of hydrogen-bond donors (Lipinski definition) is 46. The Kier molecular flexibility index (Phi) is 16.4. The Morgan fingerprint density at radius 1 is 0.0446 bits per heavy atom. The molecule has 586 valence electrons. The van der Waals surface area contributed by atoms with Crippen molar-refractivity contribution in [2.45, 2.75) is 0 Å². The lowest BCUT2D eigenvalue weighted by Gasteiger charge is -2.24. The van der Waals surface area contributed by atoms with Crippen LogP contribution in [0.15, 0.2) is 0 Å². The fourth-order valence-corrected chi connectivity index (χ4v) is 12.4. The van der Waals surface area contributed by atoms with Crippen LogP contribution < -0.4 is 0 Å². The van der Waals surface area contributed by atoms with Crippen molar-refractivity contribution in [3.8, 4) is 376 Å². The summed E-state index contributed by atoms with van der Waals surface area (Å²) in [6.07, 6.45) is 0. The van der Waals surface area contributed by atoms with E-state index in [0.717, 1.165) is 0 Å². The maximum Gasteiger partial charge on any atom is 0.208 e. The predicted octanol–water partition coefficient (Wildman–Crippen LogP) is 4.81. The van der Waals surface area contributed by atoms with Crippen molar-refractivity contribution < 1.29 is 235 Å². The van der Waals surface area contributed by atoms with E-state index in [9.17, 15) is 235 Å². The van der Waals surface area contributed by atoms with Gasteiger partial charge in [0.25, 0.3) is 0 Å².